The van der Waals surface area contributed by atoms with E-state index in [1.54, 1.807) is 47.4 Å². The number of hydrogen-bond acceptors (Lipinski definition) is 4. The SMILES string of the molecule is Cc1c(Cl)cccc1NC(=O)Nc1cc(-n2cccn2)ncn1. The molecular formula is C15H13ClN6O. The van der Waals surface area contributed by atoms with E-state index in [9.17, 15) is 4.79 Å². The number of nitrogens with zero attached hydrogens (tertiary/aromatic N) is 4. The average Bonchev–Trinajstić information content (AvgIpc) is 3.06. The Morgan fingerprint density at radius 1 is 1.22 bits per heavy atom. The van der Waals surface area contributed by atoms with Crippen molar-refractivity contribution in [3.63, 3.8) is 0 Å². The lowest BCUT2D eigenvalue weighted by atomic mass is 10.2. The number of amides is 2. The fraction of sp³-hybridized carbons (Fsp3) is 0.0667. The van der Waals surface area contributed by atoms with Gasteiger partial charge in [-0.05, 0) is 30.7 Å². The number of carbonyl (C=O) groups excluding carboxylic acids is 1. The Morgan fingerprint density at radius 3 is 2.87 bits per heavy atom. The summed E-state index contributed by atoms with van der Waals surface area (Å²) in [5, 5.41) is 10.1. The van der Waals surface area contributed by atoms with E-state index in [0.29, 0.717) is 22.3 Å². The Hall–Kier alpha value is -2.93. The molecule has 0 spiro atoms. The van der Waals surface area contributed by atoms with E-state index >= 15 is 0 Å². The van der Waals surface area contributed by atoms with Crippen LogP contribution in [0.1, 0.15) is 5.56 Å². The van der Waals surface area contributed by atoms with Gasteiger partial charge in [-0.1, -0.05) is 17.7 Å². The quantitative estimate of drug-likeness (QED) is 0.772. The highest BCUT2D eigenvalue weighted by Crippen LogP contribution is 2.23. The minimum atomic E-state index is -0.416. The highest BCUT2D eigenvalue weighted by atomic mass is 35.5. The van der Waals surface area contributed by atoms with Crippen LogP contribution in [-0.4, -0.2) is 25.8 Å². The fourth-order valence-electron chi connectivity index (χ4n) is 1.96. The molecule has 8 heteroatoms. The van der Waals surface area contributed by atoms with E-state index < -0.39 is 6.03 Å². The van der Waals surface area contributed by atoms with Crippen LogP contribution < -0.4 is 10.6 Å². The van der Waals surface area contributed by atoms with Crippen molar-refractivity contribution in [1.29, 1.82) is 0 Å². The molecule has 0 atom stereocenters. The van der Waals surface area contributed by atoms with Gasteiger partial charge in [0.25, 0.3) is 0 Å². The van der Waals surface area contributed by atoms with Gasteiger partial charge in [0.15, 0.2) is 5.82 Å². The number of urea groups is 1. The van der Waals surface area contributed by atoms with Crippen molar-refractivity contribution in [1.82, 2.24) is 19.7 Å². The standard InChI is InChI=1S/C15H13ClN6O/c1-10-11(16)4-2-5-12(10)20-15(23)21-13-8-14(18-9-17-13)22-7-3-6-19-22/h2-9H,1H3,(H2,17,18,20,21,23). The van der Waals surface area contributed by atoms with Gasteiger partial charge in [0.1, 0.15) is 12.1 Å². The summed E-state index contributed by atoms with van der Waals surface area (Å²) in [4.78, 5) is 20.2. The van der Waals surface area contributed by atoms with Crippen LogP contribution in [0.5, 0.6) is 0 Å². The zero-order valence-electron chi connectivity index (χ0n) is 12.2. The lowest BCUT2D eigenvalue weighted by Gasteiger charge is -2.10. The molecule has 116 valence electrons. The summed E-state index contributed by atoms with van der Waals surface area (Å²) in [7, 11) is 0. The van der Waals surface area contributed by atoms with Crippen LogP contribution in [-0.2, 0) is 0 Å². The second-order valence-electron chi connectivity index (χ2n) is 4.70. The molecule has 0 aliphatic heterocycles. The summed E-state index contributed by atoms with van der Waals surface area (Å²) in [6.07, 6.45) is 4.75. The molecule has 0 saturated carbocycles. The van der Waals surface area contributed by atoms with Crippen LogP contribution in [0.2, 0.25) is 5.02 Å². The summed E-state index contributed by atoms with van der Waals surface area (Å²) in [5.74, 6) is 0.918. The van der Waals surface area contributed by atoms with Gasteiger partial charge in [-0.15, -0.1) is 0 Å². The number of rotatable bonds is 3. The number of hydrogen-bond donors (Lipinski definition) is 2. The van der Waals surface area contributed by atoms with Crippen molar-refractivity contribution >= 4 is 29.1 Å². The van der Waals surface area contributed by atoms with Crippen LogP contribution in [0.3, 0.4) is 0 Å². The van der Waals surface area contributed by atoms with Crippen molar-refractivity contribution < 1.29 is 4.79 Å². The Bertz CT molecular complexity index is 834. The van der Waals surface area contributed by atoms with Crippen molar-refractivity contribution in [2.24, 2.45) is 0 Å². The zero-order chi connectivity index (χ0) is 16.2. The highest BCUT2D eigenvalue weighted by molar-refractivity contribution is 6.31. The molecular weight excluding hydrogens is 316 g/mol. The molecule has 0 saturated heterocycles. The van der Waals surface area contributed by atoms with Crippen molar-refractivity contribution in [2.75, 3.05) is 10.6 Å². The maximum Gasteiger partial charge on any atom is 0.324 e. The first kappa shape index (κ1) is 15.0. The monoisotopic (exact) mass is 328 g/mol. The number of benzene rings is 1. The van der Waals surface area contributed by atoms with Crippen LogP contribution in [0.15, 0.2) is 49.1 Å². The van der Waals surface area contributed by atoms with E-state index in [4.69, 9.17) is 11.6 Å². The summed E-state index contributed by atoms with van der Waals surface area (Å²) < 4.78 is 1.58. The lowest BCUT2D eigenvalue weighted by molar-refractivity contribution is 0.262. The average molecular weight is 329 g/mol. The summed E-state index contributed by atoms with van der Waals surface area (Å²) in [6, 6.07) is 8.30. The number of nitrogens with one attached hydrogen (secondary N) is 2. The maximum atomic E-state index is 12.1. The molecule has 7 nitrogen and oxygen atoms in total. The predicted octanol–water partition coefficient (Wildman–Crippen LogP) is 3.27. The van der Waals surface area contributed by atoms with Crippen LogP contribution in [0.25, 0.3) is 5.82 Å². The molecule has 0 bridgehead atoms. The van der Waals surface area contributed by atoms with Crippen LogP contribution in [0.4, 0.5) is 16.3 Å². The normalized spacial score (nSPS) is 10.3. The molecule has 0 fully saturated rings. The van der Waals surface area contributed by atoms with E-state index in [0.717, 1.165) is 5.56 Å². The van der Waals surface area contributed by atoms with Crippen LogP contribution in [0, 0.1) is 6.92 Å². The summed E-state index contributed by atoms with van der Waals surface area (Å²) in [5.41, 5.74) is 1.43. The van der Waals surface area contributed by atoms with Gasteiger partial charge >= 0.3 is 6.03 Å². The Balaban J connectivity index is 1.73. The largest absolute Gasteiger partial charge is 0.324 e. The zero-order valence-corrected chi connectivity index (χ0v) is 12.9. The molecule has 2 aromatic heterocycles. The third-order valence-corrected chi connectivity index (χ3v) is 3.56. The molecule has 2 amide bonds. The second-order valence-corrected chi connectivity index (χ2v) is 5.11. The third kappa shape index (κ3) is 3.46. The highest BCUT2D eigenvalue weighted by Gasteiger charge is 2.08. The van der Waals surface area contributed by atoms with Gasteiger partial charge in [-0.25, -0.2) is 19.4 Å². The Kier molecular flexibility index (Phi) is 4.20. The first-order chi connectivity index (χ1) is 11.1. The van der Waals surface area contributed by atoms with Gasteiger partial charge in [0, 0.05) is 29.2 Å². The molecule has 0 aliphatic rings. The van der Waals surface area contributed by atoms with E-state index in [2.05, 4.69) is 25.7 Å². The van der Waals surface area contributed by atoms with Crippen molar-refractivity contribution in [2.45, 2.75) is 6.92 Å². The second kappa shape index (κ2) is 6.45. The Morgan fingerprint density at radius 2 is 2.09 bits per heavy atom. The minimum absolute atomic E-state index is 0.364. The molecule has 0 aliphatic carbocycles. The lowest BCUT2D eigenvalue weighted by Crippen LogP contribution is -2.21. The first-order valence-electron chi connectivity index (χ1n) is 6.78. The summed E-state index contributed by atoms with van der Waals surface area (Å²) in [6.45, 7) is 1.83. The van der Waals surface area contributed by atoms with E-state index in [1.165, 1.54) is 6.33 Å². The Labute approximate surface area is 137 Å². The predicted molar refractivity (Wildman–Crippen MR) is 88.0 cm³/mol. The fourth-order valence-corrected chi connectivity index (χ4v) is 2.13. The third-order valence-electron chi connectivity index (χ3n) is 3.15. The molecule has 3 aromatic rings. The first-order valence-corrected chi connectivity index (χ1v) is 7.16. The molecule has 1 aromatic carbocycles. The van der Waals surface area contributed by atoms with Crippen LogP contribution >= 0.6 is 11.6 Å². The minimum Gasteiger partial charge on any atom is -0.307 e. The molecule has 2 heterocycles. The number of carbonyl (C=O) groups is 1. The van der Waals surface area contributed by atoms with Crippen molar-refractivity contribution in [3.05, 3.63) is 59.6 Å². The smallest absolute Gasteiger partial charge is 0.307 e. The molecule has 0 unspecified atom stereocenters. The number of halogens is 1. The van der Waals surface area contributed by atoms with Gasteiger partial charge in [0.05, 0.1) is 0 Å². The molecule has 0 radical (unpaired) electrons. The van der Waals surface area contributed by atoms with Gasteiger partial charge in [-0.3, -0.25) is 5.32 Å². The topological polar surface area (TPSA) is 84.7 Å². The van der Waals surface area contributed by atoms with Gasteiger partial charge in [0.2, 0.25) is 0 Å². The van der Waals surface area contributed by atoms with Crippen molar-refractivity contribution in [3.8, 4) is 5.82 Å². The maximum absolute atomic E-state index is 12.1. The summed E-state index contributed by atoms with van der Waals surface area (Å²) >= 11 is 6.03. The van der Waals surface area contributed by atoms with Gasteiger partial charge < -0.3 is 5.32 Å². The van der Waals surface area contributed by atoms with Gasteiger partial charge in [-0.2, -0.15) is 5.10 Å². The molecule has 3 rings (SSSR count). The number of aromatic nitrogens is 4. The molecule has 23 heavy (non-hydrogen) atoms. The molecule has 2 N–H and O–H groups in total. The number of anilines is 2. The van der Waals surface area contributed by atoms with E-state index in [-0.39, 0.29) is 0 Å². The van der Waals surface area contributed by atoms with E-state index in [1.807, 2.05) is 6.92 Å².